The molecule has 0 radical (unpaired) electrons. The number of ether oxygens (including phenoxy) is 3. The van der Waals surface area contributed by atoms with E-state index in [0.717, 1.165) is 199 Å². The number of methoxy groups -OCH3 is 3. The Kier molecular flexibility index (Phi) is 26.6. The monoisotopic (exact) mass is 1640 g/mol. The number of hydrogen-bond donors (Lipinski definition) is 4. The molecule has 16 rings (SSSR count). The van der Waals surface area contributed by atoms with Crippen molar-refractivity contribution >= 4 is 122 Å². The van der Waals surface area contributed by atoms with Crippen LogP contribution in [0.2, 0.25) is 30.1 Å². The quantitative estimate of drug-likeness (QED) is 0.0634. The summed E-state index contributed by atoms with van der Waals surface area (Å²) in [6.07, 6.45) is 22.4. The number of nitrogens with zero attached hydrogens (tertiary/aromatic N) is 7. The zero-order chi connectivity index (χ0) is 79.4. The molecule has 1 aliphatic heterocycles. The average Bonchev–Trinajstić information content (AvgIpc) is 1.62. The van der Waals surface area contributed by atoms with Crippen LogP contribution < -0.4 is 30.3 Å². The summed E-state index contributed by atoms with van der Waals surface area (Å²) in [7, 11) is 4.97. The molecule has 0 bridgehead atoms. The molecular weight excluding hydrogens is 1560 g/mol. The van der Waals surface area contributed by atoms with Crippen LogP contribution in [0.5, 0.6) is 17.2 Å². The molecular formula is C91H88Cl6N10O7. The third-order valence-corrected chi connectivity index (χ3v) is 23.0. The van der Waals surface area contributed by atoms with Crippen LogP contribution in [0.4, 0.5) is 0 Å². The molecule has 4 heterocycles. The van der Waals surface area contributed by atoms with Gasteiger partial charge >= 0.3 is 0 Å². The number of nitrogens with one attached hydrogen (secondary N) is 3. The molecule has 5 aliphatic rings. The van der Waals surface area contributed by atoms with Gasteiger partial charge in [0.15, 0.2) is 17.1 Å². The maximum absolute atomic E-state index is 13.8. The van der Waals surface area contributed by atoms with Crippen molar-refractivity contribution in [3.05, 3.63) is 296 Å². The van der Waals surface area contributed by atoms with E-state index in [9.17, 15) is 19.5 Å². The zero-order valence-corrected chi connectivity index (χ0v) is 68.2. The number of carbonyl (C=O) groups is 3. The van der Waals surface area contributed by atoms with E-state index in [4.69, 9.17) is 99.1 Å². The van der Waals surface area contributed by atoms with E-state index < -0.39 is 6.04 Å². The van der Waals surface area contributed by atoms with E-state index in [1.165, 1.54) is 17.5 Å². The maximum Gasteiger partial charge on any atom is 0.286 e. The molecule has 8 aromatic carbocycles. The number of aryl methyl sites for hydroxylation is 1. The van der Waals surface area contributed by atoms with Crippen molar-refractivity contribution in [2.45, 2.75) is 121 Å². The average molecular weight is 1650 g/mol. The van der Waals surface area contributed by atoms with Gasteiger partial charge in [-0.25, -0.2) is 19.1 Å². The van der Waals surface area contributed by atoms with Gasteiger partial charge in [-0.05, 0) is 262 Å². The minimum Gasteiger partial charge on any atom is -0.497 e. The van der Waals surface area contributed by atoms with E-state index in [2.05, 4.69) is 52.5 Å². The van der Waals surface area contributed by atoms with Crippen molar-refractivity contribution in [1.82, 2.24) is 50.4 Å². The van der Waals surface area contributed by atoms with E-state index >= 15 is 0 Å². The third kappa shape index (κ3) is 18.7. The molecule has 114 heavy (non-hydrogen) atoms. The number of allylic oxidation sites excluding steroid dienone is 3. The topological polar surface area (TPSA) is 192 Å². The highest BCUT2D eigenvalue weighted by Gasteiger charge is 2.34. The fourth-order valence-corrected chi connectivity index (χ4v) is 17.2. The van der Waals surface area contributed by atoms with E-state index in [1.807, 2.05) is 142 Å². The first-order chi connectivity index (χ1) is 55.5. The van der Waals surface area contributed by atoms with Gasteiger partial charge in [0.25, 0.3) is 17.7 Å². The number of fused-ring (bicyclic) bond motifs is 4. The molecule has 4 N–H and O–H groups in total. The van der Waals surface area contributed by atoms with Gasteiger partial charge in [0.05, 0.1) is 89.2 Å². The molecule has 4 aliphatic carbocycles. The smallest absolute Gasteiger partial charge is 0.286 e. The summed E-state index contributed by atoms with van der Waals surface area (Å²) >= 11 is 38.6. The van der Waals surface area contributed by atoms with Crippen molar-refractivity contribution in [2.75, 3.05) is 41.0 Å². The van der Waals surface area contributed by atoms with Crippen LogP contribution in [0.1, 0.15) is 194 Å². The molecule has 11 aromatic rings. The largest absolute Gasteiger partial charge is 0.497 e. The van der Waals surface area contributed by atoms with Gasteiger partial charge in [-0.15, -0.1) is 0 Å². The molecule has 1 fully saturated rings. The lowest BCUT2D eigenvalue weighted by molar-refractivity contribution is 0.0742. The summed E-state index contributed by atoms with van der Waals surface area (Å²) < 4.78 is 21.4. The normalized spacial score (nSPS) is 16.6. The highest BCUT2D eigenvalue weighted by Crippen LogP contribution is 2.42. The Labute approximate surface area is 694 Å². The Morgan fingerprint density at radius 3 is 1.24 bits per heavy atom. The van der Waals surface area contributed by atoms with Crippen LogP contribution >= 0.6 is 69.6 Å². The molecule has 3 aromatic heterocycles. The second kappa shape index (κ2) is 37.6. The summed E-state index contributed by atoms with van der Waals surface area (Å²) in [4.78, 5) is 41.0. The van der Waals surface area contributed by atoms with Crippen molar-refractivity contribution in [3.63, 3.8) is 0 Å². The van der Waals surface area contributed by atoms with Crippen LogP contribution in [0, 0.1) is 0 Å². The first-order valence-electron chi connectivity index (χ1n) is 38.7. The second-order valence-electron chi connectivity index (χ2n) is 28.9. The summed E-state index contributed by atoms with van der Waals surface area (Å²) in [5.74, 6) is 1.75. The molecule has 0 unspecified atom stereocenters. The molecule has 0 saturated carbocycles. The van der Waals surface area contributed by atoms with Crippen LogP contribution in [-0.4, -0.2) is 98.2 Å². The highest BCUT2D eigenvalue weighted by molar-refractivity contribution is 6.37. The van der Waals surface area contributed by atoms with Gasteiger partial charge < -0.3 is 30.0 Å². The minimum absolute atomic E-state index is 0.0197. The zero-order valence-electron chi connectivity index (χ0n) is 63.6. The summed E-state index contributed by atoms with van der Waals surface area (Å²) in [6, 6.07) is 57.0. The Balaban J connectivity index is 0.000000142. The second-order valence-corrected chi connectivity index (χ2v) is 31.4. The van der Waals surface area contributed by atoms with Crippen LogP contribution in [-0.2, 0) is 25.7 Å². The van der Waals surface area contributed by atoms with Gasteiger partial charge in [0, 0.05) is 44.8 Å². The van der Waals surface area contributed by atoms with Crippen molar-refractivity contribution < 1.29 is 33.7 Å². The lowest BCUT2D eigenvalue weighted by Gasteiger charge is -2.26. The molecule has 0 spiro atoms. The lowest BCUT2D eigenvalue weighted by Crippen LogP contribution is -2.45. The van der Waals surface area contributed by atoms with Crippen LogP contribution in [0.25, 0.3) is 52.0 Å². The van der Waals surface area contributed by atoms with Crippen LogP contribution in [0.15, 0.2) is 182 Å². The number of rotatable bonds is 17. The first-order valence-corrected chi connectivity index (χ1v) is 41.0. The maximum atomic E-state index is 13.8. The SMILES string of the molecule is COc1ccc(/C=C2\CCCCc3c(C(=O)NN4CCCCC4)nn(-c4ccc(Cl)cc4Cl)c32)cc1.COc1ccc(/C=C2\CCCCc3c(C(=O)N[C@@H]4CCc5ccccc54)nn(-c4ccc(Cl)cc4Cl)c32)cc1.COc1ccc(/C=C2\CCCCc3c(C(=O)N[C@H](CO)c4ccccc4)nn(-c4ccc(Cl)cc4Cl)c32)cc1. The van der Waals surface area contributed by atoms with Crippen molar-refractivity contribution in [3.8, 4) is 34.3 Å². The van der Waals surface area contributed by atoms with E-state index in [-0.39, 0.29) is 30.4 Å². The molecule has 2 atom stereocenters. The van der Waals surface area contributed by atoms with Gasteiger partial charge in [-0.3, -0.25) is 19.8 Å². The number of aromatic nitrogens is 6. The molecule has 23 heteroatoms. The van der Waals surface area contributed by atoms with E-state index in [0.29, 0.717) is 70.7 Å². The number of hydrogen-bond acceptors (Lipinski definition) is 11. The number of benzene rings is 8. The summed E-state index contributed by atoms with van der Waals surface area (Å²) in [6.45, 7) is 1.49. The number of hydrazine groups is 1. The summed E-state index contributed by atoms with van der Waals surface area (Å²) in [5, 5.41) is 36.0. The molecule has 3 amide bonds. The van der Waals surface area contributed by atoms with Crippen molar-refractivity contribution in [1.29, 1.82) is 0 Å². The van der Waals surface area contributed by atoms with Gasteiger partial charge in [0.1, 0.15) is 17.2 Å². The Hall–Kier alpha value is -9.92. The van der Waals surface area contributed by atoms with Crippen LogP contribution in [0.3, 0.4) is 0 Å². The first kappa shape index (κ1) is 80.7. The number of amides is 3. The Bertz CT molecular complexity index is 5220. The minimum atomic E-state index is -0.557. The Morgan fingerprint density at radius 1 is 0.447 bits per heavy atom. The standard InChI is InChI=1S/C32H29Cl2N3O2.C31H29Cl2N3O3.C28H30Cl2N4O2/c1-39-24-14-10-20(11-15-24)18-22-7-3-5-9-26-30(32(38)35-28-16-12-21-6-2-4-8-25(21)28)36-37(31(22)26)29-17-13-23(33)19-27(29)34;1-39-24-14-11-20(12-15-24)17-22-9-5-6-10-25-29(31(38)34-27(19-37)21-7-3-2-4-8-21)35-36(30(22)25)28-16-13-23(32)18-26(28)33;1-36-22-12-9-19(10-13-22)17-20-7-3-4-8-23-26(28(35)32-33-15-5-2-6-16-33)31-34(27(20)23)25-14-11-21(29)18-24(25)30/h2,4,6,8,10-11,13-15,17-19,28H,3,5,7,9,12,16H2,1H3,(H,35,38);2-4,7-8,11-18,27,37H,5-6,9-10,19H2,1H3,(H,34,38);9-14,17-18H,2-8,15-16H2,1H3,(H,32,35)/b22-18+;22-17+;20-17+/t28-;27-;/m11./s1. The molecule has 1 saturated heterocycles. The lowest BCUT2D eigenvalue weighted by atomic mass is 10.0. The number of aliphatic hydroxyl groups is 1. The number of aliphatic hydroxyl groups excluding tert-OH is 1. The fourth-order valence-electron chi connectivity index (χ4n) is 15.7. The highest BCUT2D eigenvalue weighted by atomic mass is 35.5. The third-order valence-electron chi connectivity index (χ3n) is 21.4. The number of piperidine rings is 1. The van der Waals surface area contributed by atoms with E-state index in [1.54, 1.807) is 62.4 Å². The van der Waals surface area contributed by atoms with Gasteiger partial charge in [-0.1, -0.05) is 167 Å². The predicted octanol–water partition coefficient (Wildman–Crippen LogP) is 21.4. The molecule has 17 nitrogen and oxygen atoms in total. The Morgan fingerprint density at radius 2 is 0.833 bits per heavy atom. The summed E-state index contributed by atoms with van der Waals surface area (Å²) in [5.41, 5.74) is 21.7. The predicted molar refractivity (Wildman–Crippen MR) is 458 cm³/mol. The van der Waals surface area contributed by atoms with Gasteiger partial charge in [-0.2, -0.15) is 15.3 Å². The number of halogens is 6. The molecule has 586 valence electrons. The number of carbonyl (C=O) groups excluding carboxylic acids is 3. The fraction of sp³-hybridized carbons (Fsp3) is 0.275. The van der Waals surface area contributed by atoms with Crippen molar-refractivity contribution in [2.24, 2.45) is 0 Å². The van der Waals surface area contributed by atoms with Gasteiger partial charge in [0.2, 0.25) is 0 Å².